The predicted molar refractivity (Wildman–Crippen MR) is 61.6 cm³/mol. The zero-order valence-electron chi connectivity index (χ0n) is 9.15. The van der Waals surface area contributed by atoms with E-state index in [4.69, 9.17) is 4.74 Å². The number of ether oxygens (including phenoxy) is 1. The van der Waals surface area contributed by atoms with Crippen molar-refractivity contribution in [1.82, 2.24) is 9.97 Å². The first-order valence-electron chi connectivity index (χ1n) is 5.52. The quantitative estimate of drug-likeness (QED) is 0.846. The second kappa shape index (κ2) is 4.14. The van der Waals surface area contributed by atoms with Gasteiger partial charge in [-0.15, -0.1) is 0 Å². The summed E-state index contributed by atoms with van der Waals surface area (Å²) in [6, 6.07) is 7.84. The minimum Gasteiger partial charge on any atom is -0.487 e. The highest BCUT2D eigenvalue weighted by molar-refractivity contribution is 5.38. The molecule has 4 nitrogen and oxygen atoms in total. The fourth-order valence-electron chi connectivity index (χ4n) is 2.06. The molecule has 17 heavy (non-hydrogen) atoms. The molecule has 1 aromatic carbocycles. The highest BCUT2D eigenvalue weighted by atomic mass is 16.5. The number of fused-ring (bicyclic) bond motifs is 1. The van der Waals surface area contributed by atoms with Crippen molar-refractivity contribution in [2.75, 3.05) is 0 Å². The van der Waals surface area contributed by atoms with Crippen LogP contribution in [0.5, 0.6) is 5.75 Å². The molecule has 0 fully saturated rings. The van der Waals surface area contributed by atoms with Crippen LogP contribution in [0.1, 0.15) is 17.2 Å². The molecule has 2 aromatic rings. The van der Waals surface area contributed by atoms with E-state index in [0.717, 1.165) is 11.3 Å². The highest BCUT2D eigenvalue weighted by Gasteiger charge is 2.30. The molecule has 3 rings (SSSR count). The van der Waals surface area contributed by atoms with E-state index in [1.54, 1.807) is 12.4 Å². The summed E-state index contributed by atoms with van der Waals surface area (Å²) in [5, 5.41) is 10.2. The number of hydrogen-bond donors (Lipinski definition) is 1. The molecule has 0 saturated carbocycles. The largest absolute Gasteiger partial charge is 0.487 e. The van der Waals surface area contributed by atoms with Gasteiger partial charge in [-0.1, -0.05) is 18.2 Å². The number of para-hydroxylation sites is 1. The molecule has 2 heterocycles. The van der Waals surface area contributed by atoms with E-state index in [1.165, 1.54) is 6.33 Å². The molecule has 1 N–H and O–H groups in total. The van der Waals surface area contributed by atoms with E-state index in [2.05, 4.69) is 9.97 Å². The maximum absolute atomic E-state index is 10.2. The molecule has 86 valence electrons. The Morgan fingerprint density at radius 3 is 2.76 bits per heavy atom. The van der Waals surface area contributed by atoms with Gasteiger partial charge in [-0.25, -0.2) is 9.97 Å². The van der Waals surface area contributed by atoms with E-state index in [9.17, 15) is 5.11 Å². The van der Waals surface area contributed by atoms with E-state index in [-0.39, 0.29) is 6.10 Å². The van der Waals surface area contributed by atoms with Crippen molar-refractivity contribution < 1.29 is 9.84 Å². The highest BCUT2D eigenvalue weighted by Crippen LogP contribution is 2.33. The molecule has 2 unspecified atom stereocenters. The Labute approximate surface area is 98.9 Å². The zero-order valence-corrected chi connectivity index (χ0v) is 9.15. The fourth-order valence-corrected chi connectivity index (χ4v) is 2.06. The van der Waals surface area contributed by atoms with Gasteiger partial charge in [0.2, 0.25) is 0 Å². The van der Waals surface area contributed by atoms with Gasteiger partial charge in [0.05, 0.1) is 0 Å². The van der Waals surface area contributed by atoms with Gasteiger partial charge < -0.3 is 9.84 Å². The summed E-state index contributed by atoms with van der Waals surface area (Å²) in [5.74, 6) is 0.855. The van der Waals surface area contributed by atoms with Crippen molar-refractivity contribution in [3.8, 4) is 5.75 Å². The number of hydrogen-bond acceptors (Lipinski definition) is 4. The number of aromatic nitrogens is 2. The number of rotatable bonds is 2. The van der Waals surface area contributed by atoms with Gasteiger partial charge in [0, 0.05) is 24.4 Å². The summed E-state index contributed by atoms with van der Waals surface area (Å²) in [5.41, 5.74) is 1.82. The van der Waals surface area contributed by atoms with E-state index in [1.807, 2.05) is 24.3 Å². The maximum atomic E-state index is 10.2. The first-order chi connectivity index (χ1) is 8.34. The van der Waals surface area contributed by atoms with Gasteiger partial charge in [-0.05, 0) is 11.6 Å². The molecule has 0 aliphatic carbocycles. The van der Waals surface area contributed by atoms with Gasteiger partial charge in [0.1, 0.15) is 24.3 Å². The van der Waals surface area contributed by atoms with Crippen LogP contribution in [0.15, 0.2) is 43.0 Å². The summed E-state index contributed by atoms with van der Waals surface area (Å²) in [6.07, 6.45) is 4.45. The predicted octanol–water partition coefficient (Wildman–Crippen LogP) is 1.51. The van der Waals surface area contributed by atoms with Crippen LogP contribution in [0.2, 0.25) is 0 Å². The summed E-state index contributed by atoms with van der Waals surface area (Å²) in [7, 11) is 0. The topological polar surface area (TPSA) is 55.2 Å². The van der Waals surface area contributed by atoms with E-state index < -0.39 is 6.10 Å². The Morgan fingerprint density at radius 1 is 1.24 bits per heavy atom. The molecule has 1 aliphatic rings. The SMILES string of the molecule is OC(c1cncnc1)C1Cc2ccccc2O1. The van der Waals surface area contributed by atoms with Crippen molar-refractivity contribution in [2.24, 2.45) is 0 Å². The lowest BCUT2D eigenvalue weighted by Gasteiger charge is -2.17. The first-order valence-corrected chi connectivity index (χ1v) is 5.52. The lowest BCUT2D eigenvalue weighted by atomic mass is 10.0. The fraction of sp³-hybridized carbons (Fsp3) is 0.231. The third-order valence-electron chi connectivity index (χ3n) is 2.95. The average molecular weight is 228 g/mol. The van der Waals surface area contributed by atoms with Crippen molar-refractivity contribution >= 4 is 0 Å². The van der Waals surface area contributed by atoms with E-state index >= 15 is 0 Å². The standard InChI is InChI=1S/C13H12N2O2/c16-13(10-6-14-8-15-7-10)12-5-9-3-1-2-4-11(9)17-12/h1-4,6-8,12-13,16H,5H2. The molecule has 4 heteroatoms. The monoisotopic (exact) mass is 228 g/mol. The van der Waals surface area contributed by atoms with Crippen LogP contribution < -0.4 is 4.74 Å². The van der Waals surface area contributed by atoms with Crippen molar-refractivity contribution in [3.63, 3.8) is 0 Å². The van der Waals surface area contributed by atoms with Gasteiger partial charge in [0.15, 0.2) is 0 Å². The van der Waals surface area contributed by atoms with Crippen LogP contribution in [0.25, 0.3) is 0 Å². The van der Waals surface area contributed by atoms with Gasteiger partial charge in [0.25, 0.3) is 0 Å². The molecule has 0 bridgehead atoms. The molecule has 0 spiro atoms. The van der Waals surface area contributed by atoms with Crippen molar-refractivity contribution in [3.05, 3.63) is 54.1 Å². The molecule has 2 atom stereocenters. The Bertz CT molecular complexity index is 491. The molecule has 0 saturated heterocycles. The smallest absolute Gasteiger partial charge is 0.133 e. The summed E-state index contributed by atoms with van der Waals surface area (Å²) in [4.78, 5) is 7.80. The third-order valence-corrected chi connectivity index (χ3v) is 2.95. The normalized spacial score (nSPS) is 19.5. The average Bonchev–Trinajstić information content (AvgIpc) is 2.82. The van der Waals surface area contributed by atoms with Crippen LogP contribution in [-0.2, 0) is 6.42 Å². The number of benzene rings is 1. The van der Waals surface area contributed by atoms with Crippen LogP contribution in [0.4, 0.5) is 0 Å². The molecular weight excluding hydrogens is 216 g/mol. The van der Waals surface area contributed by atoms with Crippen molar-refractivity contribution in [1.29, 1.82) is 0 Å². The second-order valence-electron chi connectivity index (χ2n) is 4.08. The Balaban J connectivity index is 1.81. The lowest BCUT2D eigenvalue weighted by Crippen LogP contribution is -2.23. The van der Waals surface area contributed by atoms with Crippen LogP contribution in [0.3, 0.4) is 0 Å². The molecule has 0 amide bonds. The molecular formula is C13H12N2O2. The van der Waals surface area contributed by atoms with Crippen LogP contribution >= 0.6 is 0 Å². The van der Waals surface area contributed by atoms with Gasteiger partial charge in [-0.3, -0.25) is 0 Å². The van der Waals surface area contributed by atoms with Crippen LogP contribution in [0, 0.1) is 0 Å². The number of nitrogens with zero attached hydrogens (tertiary/aromatic N) is 2. The minimum absolute atomic E-state index is 0.251. The second-order valence-corrected chi connectivity index (χ2v) is 4.08. The van der Waals surface area contributed by atoms with E-state index in [0.29, 0.717) is 12.0 Å². The molecule has 1 aliphatic heterocycles. The summed E-state index contributed by atoms with van der Waals surface area (Å²) < 4.78 is 5.72. The Hall–Kier alpha value is -1.94. The summed E-state index contributed by atoms with van der Waals surface area (Å²) in [6.45, 7) is 0. The third kappa shape index (κ3) is 1.87. The minimum atomic E-state index is -0.691. The first kappa shape index (κ1) is 10.2. The molecule has 1 aromatic heterocycles. The summed E-state index contributed by atoms with van der Waals surface area (Å²) >= 11 is 0. The van der Waals surface area contributed by atoms with Crippen LogP contribution in [-0.4, -0.2) is 21.2 Å². The van der Waals surface area contributed by atoms with Gasteiger partial charge >= 0.3 is 0 Å². The Kier molecular flexibility index (Phi) is 2.49. The maximum Gasteiger partial charge on any atom is 0.133 e. The molecule has 0 radical (unpaired) electrons. The Morgan fingerprint density at radius 2 is 2.00 bits per heavy atom. The zero-order chi connectivity index (χ0) is 11.7. The number of aliphatic hydroxyl groups is 1. The van der Waals surface area contributed by atoms with Crippen molar-refractivity contribution in [2.45, 2.75) is 18.6 Å². The lowest BCUT2D eigenvalue weighted by molar-refractivity contribution is 0.0487. The number of aliphatic hydroxyl groups excluding tert-OH is 1. The van der Waals surface area contributed by atoms with Gasteiger partial charge in [-0.2, -0.15) is 0 Å².